The highest BCUT2D eigenvalue weighted by atomic mass is 19.1. The van der Waals surface area contributed by atoms with Crippen LogP contribution in [-0.2, 0) is 0 Å². The van der Waals surface area contributed by atoms with Gasteiger partial charge in [0.05, 0.1) is 5.56 Å². The van der Waals surface area contributed by atoms with Crippen LogP contribution in [0, 0.1) is 17.6 Å². The third-order valence-corrected chi connectivity index (χ3v) is 3.22. The molecule has 98 valence electrons. The number of benzene rings is 1. The largest absolute Gasteiger partial charge is 0.338 e. The van der Waals surface area contributed by atoms with Crippen LogP contribution in [0.2, 0.25) is 0 Å². The summed E-state index contributed by atoms with van der Waals surface area (Å²) < 4.78 is 26.5. The Balaban J connectivity index is 2.10. The molecular weight excluding hydrogens is 238 g/mol. The number of nitrogens with one attached hydrogen (secondary N) is 1. The number of halogens is 2. The number of carbonyl (C=O) groups excluding carboxylic acids is 1. The van der Waals surface area contributed by atoms with Gasteiger partial charge in [-0.15, -0.1) is 0 Å². The monoisotopic (exact) mass is 254 g/mol. The van der Waals surface area contributed by atoms with Gasteiger partial charge in [0, 0.05) is 13.1 Å². The van der Waals surface area contributed by atoms with E-state index in [4.69, 9.17) is 0 Å². The van der Waals surface area contributed by atoms with E-state index in [1.165, 1.54) is 0 Å². The Morgan fingerprint density at radius 3 is 3.00 bits per heavy atom. The maximum absolute atomic E-state index is 13.5. The van der Waals surface area contributed by atoms with Crippen molar-refractivity contribution >= 4 is 5.91 Å². The fourth-order valence-corrected chi connectivity index (χ4v) is 2.30. The zero-order valence-corrected chi connectivity index (χ0v) is 10.2. The predicted molar refractivity (Wildman–Crippen MR) is 64.3 cm³/mol. The highest BCUT2D eigenvalue weighted by molar-refractivity contribution is 5.94. The fraction of sp³-hybridized carbons (Fsp3) is 0.462. The Bertz CT molecular complexity index is 451. The van der Waals surface area contributed by atoms with E-state index >= 15 is 0 Å². The lowest BCUT2D eigenvalue weighted by atomic mass is 10.1. The Morgan fingerprint density at radius 1 is 1.50 bits per heavy atom. The van der Waals surface area contributed by atoms with Crippen molar-refractivity contribution in [2.24, 2.45) is 5.92 Å². The van der Waals surface area contributed by atoms with Crippen molar-refractivity contribution in [3.63, 3.8) is 0 Å². The third kappa shape index (κ3) is 2.67. The van der Waals surface area contributed by atoms with Gasteiger partial charge in [-0.1, -0.05) is 0 Å². The fourth-order valence-electron chi connectivity index (χ4n) is 2.30. The van der Waals surface area contributed by atoms with E-state index in [9.17, 15) is 13.6 Å². The first kappa shape index (κ1) is 13.0. The minimum absolute atomic E-state index is 0.180. The first-order valence-corrected chi connectivity index (χ1v) is 6.00. The standard InChI is InChI=1S/C13H16F2N2O/c1-16-7-9-4-5-17(8-9)13(18)11-6-10(14)2-3-12(11)15/h2-3,6,9,16H,4-5,7-8H2,1H3. The molecule has 0 bridgehead atoms. The highest BCUT2D eigenvalue weighted by Crippen LogP contribution is 2.20. The van der Waals surface area contributed by atoms with Crippen LogP contribution in [0.15, 0.2) is 18.2 Å². The predicted octanol–water partition coefficient (Wildman–Crippen LogP) is 1.65. The molecule has 1 unspecified atom stereocenters. The molecule has 1 aliphatic rings. The molecule has 1 fully saturated rings. The topological polar surface area (TPSA) is 32.3 Å². The molecule has 1 amide bonds. The smallest absolute Gasteiger partial charge is 0.256 e. The van der Waals surface area contributed by atoms with E-state index in [2.05, 4.69) is 5.32 Å². The molecule has 1 aromatic carbocycles. The minimum atomic E-state index is -0.668. The van der Waals surface area contributed by atoms with Gasteiger partial charge in [0.2, 0.25) is 0 Å². The van der Waals surface area contributed by atoms with E-state index in [1.807, 2.05) is 7.05 Å². The normalized spacial score (nSPS) is 19.3. The molecule has 0 aromatic heterocycles. The second-order valence-electron chi connectivity index (χ2n) is 4.59. The van der Waals surface area contributed by atoms with E-state index in [-0.39, 0.29) is 5.56 Å². The minimum Gasteiger partial charge on any atom is -0.338 e. The van der Waals surface area contributed by atoms with Crippen LogP contribution in [-0.4, -0.2) is 37.5 Å². The van der Waals surface area contributed by atoms with Gasteiger partial charge in [0.25, 0.3) is 5.91 Å². The van der Waals surface area contributed by atoms with E-state index in [0.29, 0.717) is 19.0 Å². The summed E-state index contributed by atoms with van der Waals surface area (Å²) in [4.78, 5) is 13.7. The summed E-state index contributed by atoms with van der Waals surface area (Å²) in [6.07, 6.45) is 0.892. The second-order valence-corrected chi connectivity index (χ2v) is 4.59. The molecule has 3 nitrogen and oxygen atoms in total. The lowest BCUT2D eigenvalue weighted by Crippen LogP contribution is -2.31. The van der Waals surface area contributed by atoms with Crippen molar-refractivity contribution in [2.45, 2.75) is 6.42 Å². The maximum atomic E-state index is 13.5. The lowest BCUT2D eigenvalue weighted by Gasteiger charge is -2.17. The van der Waals surface area contributed by atoms with Crippen molar-refractivity contribution in [3.8, 4) is 0 Å². The molecule has 1 aliphatic heterocycles. The third-order valence-electron chi connectivity index (χ3n) is 3.22. The first-order valence-electron chi connectivity index (χ1n) is 6.00. The summed E-state index contributed by atoms with van der Waals surface area (Å²) in [5.74, 6) is -1.30. The van der Waals surface area contributed by atoms with Gasteiger partial charge in [0.1, 0.15) is 11.6 Å². The molecule has 1 atom stereocenters. The Morgan fingerprint density at radius 2 is 2.28 bits per heavy atom. The molecule has 2 rings (SSSR count). The zero-order chi connectivity index (χ0) is 13.1. The van der Waals surface area contributed by atoms with Crippen LogP contribution in [0.1, 0.15) is 16.8 Å². The van der Waals surface area contributed by atoms with Crippen LogP contribution in [0.4, 0.5) is 8.78 Å². The van der Waals surface area contributed by atoms with E-state index in [0.717, 1.165) is 31.2 Å². The first-order chi connectivity index (χ1) is 8.61. The van der Waals surface area contributed by atoms with Crippen molar-refractivity contribution in [3.05, 3.63) is 35.4 Å². The summed E-state index contributed by atoms with van der Waals surface area (Å²) >= 11 is 0. The van der Waals surface area contributed by atoms with Crippen molar-refractivity contribution in [2.75, 3.05) is 26.7 Å². The van der Waals surface area contributed by atoms with Gasteiger partial charge in [-0.2, -0.15) is 0 Å². The number of hydrogen-bond donors (Lipinski definition) is 1. The van der Waals surface area contributed by atoms with Crippen LogP contribution in [0.5, 0.6) is 0 Å². The molecule has 1 heterocycles. The maximum Gasteiger partial charge on any atom is 0.256 e. The van der Waals surface area contributed by atoms with E-state index in [1.54, 1.807) is 4.90 Å². The molecular formula is C13H16F2N2O. The summed E-state index contributed by atoms with van der Waals surface area (Å²) in [5.41, 5.74) is -0.180. The number of nitrogens with zero attached hydrogens (tertiary/aromatic N) is 1. The van der Waals surface area contributed by atoms with Crippen LogP contribution < -0.4 is 5.32 Å². The second kappa shape index (κ2) is 5.44. The van der Waals surface area contributed by atoms with Gasteiger partial charge in [0.15, 0.2) is 0 Å². The van der Waals surface area contributed by atoms with Crippen LogP contribution >= 0.6 is 0 Å². The average molecular weight is 254 g/mol. The summed E-state index contributed by atoms with van der Waals surface area (Å²) in [7, 11) is 1.86. The van der Waals surface area contributed by atoms with Gasteiger partial charge >= 0.3 is 0 Å². The molecule has 0 radical (unpaired) electrons. The van der Waals surface area contributed by atoms with Crippen molar-refractivity contribution in [1.29, 1.82) is 0 Å². The number of likely N-dealkylation sites (tertiary alicyclic amines) is 1. The Labute approximate surface area is 105 Å². The number of amides is 1. The molecule has 1 N–H and O–H groups in total. The highest BCUT2D eigenvalue weighted by Gasteiger charge is 2.28. The Kier molecular flexibility index (Phi) is 3.91. The van der Waals surface area contributed by atoms with Crippen LogP contribution in [0.25, 0.3) is 0 Å². The van der Waals surface area contributed by atoms with Gasteiger partial charge < -0.3 is 10.2 Å². The van der Waals surface area contributed by atoms with Crippen LogP contribution in [0.3, 0.4) is 0 Å². The number of rotatable bonds is 3. The number of carbonyl (C=O) groups is 1. The SMILES string of the molecule is CNCC1CCN(C(=O)c2cc(F)ccc2F)C1. The summed E-state index contributed by atoms with van der Waals surface area (Å²) in [5, 5.41) is 3.06. The molecule has 0 spiro atoms. The van der Waals surface area contributed by atoms with Gasteiger partial charge in [-0.25, -0.2) is 8.78 Å². The van der Waals surface area contributed by atoms with Crippen molar-refractivity contribution in [1.82, 2.24) is 10.2 Å². The molecule has 0 aliphatic carbocycles. The van der Waals surface area contributed by atoms with Gasteiger partial charge in [-0.3, -0.25) is 4.79 Å². The Hall–Kier alpha value is -1.49. The molecule has 1 saturated heterocycles. The quantitative estimate of drug-likeness (QED) is 0.889. The lowest BCUT2D eigenvalue weighted by molar-refractivity contribution is 0.0782. The average Bonchev–Trinajstić information content (AvgIpc) is 2.80. The molecule has 18 heavy (non-hydrogen) atoms. The molecule has 0 saturated carbocycles. The zero-order valence-electron chi connectivity index (χ0n) is 10.2. The van der Waals surface area contributed by atoms with E-state index < -0.39 is 17.5 Å². The summed E-state index contributed by atoms with van der Waals surface area (Å²) in [6.45, 7) is 2.02. The molecule has 1 aromatic rings. The number of hydrogen-bond acceptors (Lipinski definition) is 2. The molecule has 5 heteroatoms. The van der Waals surface area contributed by atoms with Gasteiger partial charge in [-0.05, 0) is 44.1 Å². The summed E-state index contributed by atoms with van der Waals surface area (Å²) in [6, 6.07) is 2.96. The van der Waals surface area contributed by atoms with Crippen molar-refractivity contribution < 1.29 is 13.6 Å².